The van der Waals surface area contributed by atoms with E-state index in [4.69, 9.17) is 4.74 Å². The van der Waals surface area contributed by atoms with Crippen molar-refractivity contribution in [1.29, 1.82) is 0 Å². The van der Waals surface area contributed by atoms with Crippen molar-refractivity contribution in [3.63, 3.8) is 0 Å². The molecule has 5 aliphatic carbocycles. The topological polar surface area (TPSA) is 26.3 Å². The normalized spacial score (nSPS) is 49.8. The van der Waals surface area contributed by atoms with Crippen LogP contribution >= 0.6 is 0 Å². The minimum Gasteiger partial charge on any atom is -0.455 e. The highest BCUT2D eigenvalue weighted by molar-refractivity contribution is 5.87. The first-order valence-corrected chi connectivity index (χ1v) is 9.38. The van der Waals surface area contributed by atoms with Gasteiger partial charge in [0.15, 0.2) is 0 Å². The van der Waals surface area contributed by atoms with E-state index in [0.717, 1.165) is 30.6 Å². The number of hydrogen-bond donors (Lipinski definition) is 0. The molecule has 3 bridgehead atoms. The SMILES string of the molecule is C=C(C)C(=O)OC1(C23CC4CC5CC(C2)[C@@]5(C4)C3)CCCC1. The Bertz CT molecular complexity index is 554. The van der Waals surface area contributed by atoms with E-state index in [1.807, 2.05) is 0 Å². The molecule has 0 aromatic heterocycles. The van der Waals surface area contributed by atoms with Crippen LogP contribution in [0.1, 0.15) is 71.1 Å². The van der Waals surface area contributed by atoms with Gasteiger partial charge in [0.05, 0.1) is 0 Å². The predicted octanol–water partition coefficient (Wildman–Crippen LogP) is 4.63. The molecule has 0 radical (unpaired) electrons. The summed E-state index contributed by atoms with van der Waals surface area (Å²) < 4.78 is 6.27. The fourth-order valence-corrected chi connectivity index (χ4v) is 7.84. The molecule has 0 saturated heterocycles. The van der Waals surface area contributed by atoms with Crippen LogP contribution in [0.15, 0.2) is 12.2 Å². The van der Waals surface area contributed by atoms with Crippen LogP contribution < -0.4 is 0 Å². The van der Waals surface area contributed by atoms with Crippen molar-refractivity contribution in [2.75, 3.05) is 0 Å². The minimum absolute atomic E-state index is 0.137. The highest BCUT2D eigenvalue weighted by Gasteiger charge is 2.75. The maximum absolute atomic E-state index is 12.4. The van der Waals surface area contributed by atoms with Crippen molar-refractivity contribution in [3.8, 4) is 0 Å². The Kier molecular flexibility index (Phi) is 2.47. The van der Waals surface area contributed by atoms with E-state index in [2.05, 4.69) is 6.58 Å². The summed E-state index contributed by atoms with van der Waals surface area (Å²) in [6.07, 6.45) is 13.2. The maximum atomic E-state index is 12.4. The molecule has 120 valence electrons. The minimum atomic E-state index is -0.152. The van der Waals surface area contributed by atoms with Crippen LogP contribution in [0.25, 0.3) is 0 Å². The average Bonchev–Trinajstić information content (AvgIpc) is 3.06. The van der Waals surface area contributed by atoms with Gasteiger partial charge in [-0.3, -0.25) is 0 Å². The zero-order valence-corrected chi connectivity index (χ0v) is 13.8. The Morgan fingerprint density at radius 3 is 2.59 bits per heavy atom. The molecule has 0 aromatic carbocycles. The molecule has 2 nitrogen and oxygen atoms in total. The standard InChI is InChI=1S/C20H28O2/c1-13(2)17(21)22-20(5-3-4-6-20)18-9-14-7-15-8-16(11-18)19(15,10-14)12-18/h14-16H,1,3-12H2,2H3/t14?,15?,16?,18?,19-/m0/s1. The van der Waals surface area contributed by atoms with Crippen LogP contribution in [0.3, 0.4) is 0 Å². The highest BCUT2D eigenvalue weighted by atomic mass is 16.6. The number of carbonyl (C=O) groups excluding carboxylic acids is 1. The predicted molar refractivity (Wildman–Crippen MR) is 85.1 cm³/mol. The Balaban J connectivity index is 1.54. The van der Waals surface area contributed by atoms with Crippen molar-refractivity contribution in [2.45, 2.75) is 76.7 Å². The van der Waals surface area contributed by atoms with Crippen LogP contribution in [-0.4, -0.2) is 11.6 Å². The molecule has 2 heteroatoms. The molecule has 0 aliphatic heterocycles. The van der Waals surface area contributed by atoms with Crippen molar-refractivity contribution in [2.24, 2.45) is 28.6 Å². The van der Waals surface area contributed by atoms with Gasteiger partial charge in [0.25, 0.3) is 0 Å². The number of hydrogen-bond acceptors (Lipinski definition) is 2. The van der Waals surface area contributed by atoms with Crippen LogP contribution in [0.4, 0.5) is 0 Å². The third-order valence-corrected chi connectivity index (χ3v) is 8.48. The second-order valence-electron chi connectivity index (χ2n) is 9.41. The first kappa shape index (κ1) is 13.6. The molecule has 22 heavy (non-hydrogen) atoms. The molecular formula is C20H28O2. The summed E-state index contributed by atoms with van der Waals surface area (Å²) in [5.74, 6) is 2.75. The van der Waals surface area contributed by atoms with Gasteiger partial charge in [-0.2, -0.15) is 0 Å². The molecule has 4 unspecified atom stereocenters. The molecule has 0 heterocycles. The van der Waals surface area contributed by atoms with E-state index in [1.165, 1.54) is 51.4 Å². The second kappa shape index (κ2) is 3.99. The van der Waals surface area contributed by atoms with Gasteiger partial charge in [0.2, 0.25) is 0 Å². The Hall–Kier alpha value is -0.790. The summed E-state index contributed by atoms with van der Waals surface area (Å²) in [6.45, 7) is 5.61. The first-order chi connectivity index (χ1) is 10.5. The monoisotopic (exact) mass is 300 g/mol. The molecule has 5 atom stereocenters. The number of fused-ring (bicyclic) bond motifs is 2. The van der Waals surface area contributed by atoms with Gasteiger partial charge in [-0.05, 0) is 94.3 Å². The number of rotatable bonds is 3. The van der Waals surface area contributed by atoms with Gasteiger partial charge in [-0.1, -0.05) is 6.58 Å². The zero-order valence-electron chi connectivity index (χ0n) is 13.8. The molecule has 5 rings (SSSR count). The van der Waals surface area contributed by atoms with E-state index in [0.29, 0.717) is 16.4 Å². The van der Waals surface area contributed by atoms with Gasteiger partial charge < -0.3 is 4.74 Å². The zero-order chi connectivity index (χ0) is 15.2. The van der Waals surface area contributed by atoms with E-state index in [-0.39, 0.29) is 11.6 Å². The third-order valence-electron chi connectivity index (χ3n) is 8.48. The lowest BCUT2D eigenvalue weighted by Crippen LogP contribution is -2.51. The number of carbonyl (C=O) groups is 1. The van der Waals surface area contributed by atoms with E-state index < -0.39 is 0 Å². The van der Waals surface area contributed by atoms with Gasteiger partial charge in [-0.15, -0.1) is 0 Å². The summed E-state index contributed by atoms with van der Waals surface area (Å²) in [4.78, 5) is 12.4. The molecule has 0 amide bonds. The molecule has 5 saturated carbocycles. The summed E-state index contributed by atoms with van der Waals surface area (Å²) in [5, 5.41) is 0. The summed E-state index contributed by atoms with van der Waals surface area (Å²) in [5.41, 5.74) is 1.40. The van der Waals surface area contributed by atoms with E-state index >= 15 is 0 Å². The van der Waals surface area contributed by atoms with Crippen molar-refractivity contribution in [1.82, 2.24) is 0 Å². The largest absolute Gasteiger partial charge is 0.455 e. The van der Waals surface area contributed by atoms with Gasteiger partial charge in [0.1, 0.15) is 5.60 Å². The summed E-state index contributed by atoms with van der Waals surface area (Å²) >= 11 is 0. The molecule has 0 N–H and O–H groups in total. The molecule has 1 spiro atoms. The second-order valence-corrected chi connectivity index (χ2v) is 9.41. The van der Waals surface area contributed by atoms with Crippen LogP contribution in [-0.2, 0) is 9.53 Å². The molecule has 5 aliphatic rings. The molecular weight excluding hydrogens is 272 g/mol. The highest BCUT2D eigenvalue weighted by Crippen LogP contribution is 2.81. The number of esters is 1. The van der Waals surface area contributed by atoms with E-state index in [1.54, 1.807) is 6.92 Å². The lowest BCUT2D eigenvalue weighted by molar-refractivity contribution is -0.177. The van der Waals surface area contributed by atoms with Crippen LogP contribution in [0.5, 0.6) is 0 Å². The number of ether oxygens (including phenoxy) is 1. The van der Waals surface area contributed by atoms with Gasteiger partial charge >= 0.3 is 5.97 Å². The lowest BCUT2D eigenvalue weighted by Gasteiger charge is -2.51. The van der Waals surface area contributed by atoms with Crippen LogP contribution in [0, 0.1) is 28.6 Å². The molecule has 0 aromatic rings. The summed E-state index contributed by atoms with van der Waals surface area (Å²) in [6, 6.07) is 0. The molecule has 5 fully saturated rings. The first-order valence-electron chi connectivity index (χ1n) is 9.38. The van der Waals surface area contributed by atoms with Gasteiger partial charge in [-0.25, -0.2) is 4.79 Å². The third kappa shape index (κ3) is 1.41. The Morgan fingerprint density at radius 2 is 1.86 bits per heavy atom. The fraction of sp³-hybridized carbons (Fsp3) is 0.850. The van der Waals surface area contributed by atoms with Crippen molar-refractivity contribution in [3.05, 3.63) is 12.2 Å². The quantitative estimate of drug-likeness (QED) is 0.561. The average molecular weight is 300 g/mol. The van der Waals surface area contributed by atoms with Crippen LogP contribution in [0.2, 0.25) is 0 Å². The smallest absolute Gasteiger partial charge is 0.333 e. The maximum Gasteiger partial charge on any atom is 0.333 e. The Morgan fingerprint density at radius 1 is 1.09 bits per heavy atom. The van der Waals surface area contributed by atoms with Crippen molar-refractivity contribution >= 4 is 5.97 Å². The fourth-order valence-electron chi connectivity index (χ4n) is 7.84. The van der Waals surface area contributed by atoms with E-state index in [9.17, 15) is 4.79 Å². The summed E-state index contributed by atoms with van der Waals surface area (Å²) in [7, 11) is 0. The van der Waals surface area contributed by atoms with Gasteiger partial charge in [0, 0.05) is 11.0 Å². The Labute approximate surface area is 133 Å². The van der Waals surface area contributed by atoms with Crippen molar-refractivity contribution < 1.29 is 9.53 Å². The lowest BCUT2D eigenvalue weighted by atomic mass is 9.55.